The first-order valence-electron chi connectivity index (χ1n) is 4.95. The van der Waals surface area contributed by atoms with E-state index in [-0.39, 0.29) is 17.1 Å². The van der Waals surface area contributed by atoms with Crippen LogP contribution in [0, 0.1) is 11.3 Å². The van der Waals surface area contributed by atoms with Gasteiger partial charge in [-0.15, -0.1) is 11.3 Å². The third-order valence-electron chi connectivity index (χ3n) is 2.58. The molecule has 0 aromatic carbocycles. The van der Waals surface area contributed by atoms with Crippen LogP contribution in [0.1, 0.15) is 5.56 Å². The number of hydrogen-bond acceptors (Lipinski definition) is 6. The van der Waals surface area contributed by atoms with Crippen molar-refractivity contribution in [2.24, 2.45) is 0 Å². The van der Waals surface area contributed by atoms with E-state index >= 15 is 0 Å². The van der Waals surface area contributed by atoms with Crippen LogP contribution in [0.15, 0.2) is 16.9 Å². The summed E-state index contributed by atoms with van der Waals surface area (Å²) in [6.45, 7) is 0. The molecular formula is C11H6N4O2S. The summed E-state index contributed by atoms with van der Waals surface area (Å²) in [6.07, 6.45) is 0. The number of nitrogen functional groups attached to an aromatic ring is 1. The van der Waals surface area contributed by atoms with Gasteiger partial charge in [0.05, 0.1) is 15.8 Å². The van der Waals surface area contributed by atoms with Crippen LogP contribution in [-0.2, 0) is 0 Å². The quantitative estimate of drug-likeness (QED) is 0.562. The van der Waals surface area contributed by atoms with Gasteiger partial charge in [-0.05, 0) is 6.07 Å². The van der Waals surface area contributed by atoms with E-state index in [0.717, 1.165) is 6.07 Å². The molecule has 3 aromatic heterocycles. The minimum absolute atomic E-state index is 0.103. The fourth-order valence-electron chi connectivity index (χ4n) is 1.78. The first-order chi connectivity index (χ1) is 8.60. The average Bonchev–Trinajstić information content (AvgIpc) is 2.66. The van der Waals surface area contributed by atoms with Gasteiger partial charge >= 0.3 is 0 Å². The zero-order chi connectivity index (χ0) is 12.9. The highest BCUT2D eigenvalue weighted by Gasteiger charge is 2.13. The number of nitrogens with one attached hydrogen (secondary N) is 1. The van der Waals surface area contributed by atoms with E-state index < -0.39 is 5.56 Å². The number of nitrogens with zero attached hydrogens (tertiary/aromatic N) is 2. The number of aromatic amines is 1. The van der Waals surface area contributed by atoms with Crippen molar-refractivity contribution in [1.29, 1.82) is 5.26 Å². The Balaban J connectivity index is 2.58. The number of nitriles is 1. The van der Waals surface area contributed by atoms with E-state index in [1.165, 1.54) is 11.3 Å². The van der Waals surface area contributed by atoms with Crippen molar-refractivity contribution in [2.45, 2.75) is 0 Å². The van der Waals surface area contributed by atoms with E-state index in [4.69, 9.17) is 11.0 Å². The molecule has 0 bridgehead atoms. The van der Waals surface area contributed by atoms with Crippen molar-refractivity contribution in [2.75, 3.05) is 5.73 Å². The molecule has 0 radical (unpaired) electrons. The minimum atomic E-state index is -0.407. The van der Waals surface area contributed by atoms with E-state index in [9.17, 15) is 9.90 Å². The highest BCUT2D eigenvalue weighted by molar-refractivity contribution is 7.25. The molecule has 0 aliphatic heterocycles. The molecule has 0 unspecified atom stereocenters. The average molecular weight is 258 g/mol. The molecule has 88 valence electrons. The van der Waals surface area contributed by atoms with Gasteiger partial charge in [0, 0.05) is 11.5 Å². The molecule has 0 atom stereocenters. The zero-order valence-corrected chi connectivity index (χ0v) is 9.71. The van der Waals surface area contributed by atoms with Gasteiger partial charge in [0.1, 0.15) is 22.5 Å². The van der Waals surface area contributed by atoms with Crippen molar-refractivity contribution < 1.29 is 5.11 Å². The SMILES string of the molecule is N#Cc1cc2c(nc1N)sc1c(O)cc(=O)[nH]c12. The number of pyridine rings is 2. The maximum absolute atomic E-state index is 11.3. The standard InChI is InChI=1S/C11H6N4O2S/c12-3-4-1-5-8-9(6(16)2-7(17)14-8)18-11(5)15-10(4)13/h1-2H,(H2,13,15)(H2,14,16,17). The second kappa shape index (κ2) is 3.45. The molecule has 3 rings (SSSR count). The highest BCUT2D eigenvalue weighted by Crippen LogP contribution is 2.36. The molecule has 18 heavy (non-hydrogen) atoms. The summed E-state index contributed by atoms with van der Waals surface area (Å²) in [5.74, 6) is 0.0345. The molecule has 3 aromatic rings. The van der Waals surface area contributed by atoms with Gasteiger partial charge in [-0.25, -0.2) is 4.98 Å². The molecule has 0 aliphatic rings. The summed E-state index contributed by atoms with van der Waals surface area (Å²) in [5.41, 5.74) is 5.94. The third kappa shape index (κ3) is 1.33. The summed E-state index contributed by atoms with van der Waals surface area (Å²) in [5, 5.41) is 19.2. The van der Waals surface area contributed by atoms with Crippen LogP contribution < -0.4 is 11.3 Å². The van der Waals surface area contributed by atoms with Crippen molar-refractivity contribution in [3.63, 3.8) is 0 Å². The Morgan fingerprint density at radius 2 is 2.28 bits per heavy atom. The van der Waals surface area contributed by atoms with Gasteiger partial charge in [-0.3, -0.25) is 4.79 Å². The van der Waals surface area contributed by atoms with Crippen molar-refractivity contribution in [3.05, 3.63) is 28.0 Å². The highest BCUT2D eigenvalue weighted by atomic mass is 32.1. The number of hydrogen-bond donors (Lipinski definition) is 3. The Kier molecular flexibility index (Phi) is 2.02. The van der Waals surface area contributed by atoms with Gasteiger partial charge in [0.25, 0.3) is 5.56 Å². The second-order valence-corrected chi connectivity index (χ2v) is 4.71. The largest absolute Gasteiger partial charge is 0.506 e. The molecule has 0 spiro atoms. The Hall–Kier alpha value is -2.59. The third-order valence-corrected chi connectivity index (χ3v) is 3.70. The fourth-order valence-corrected chi connectivity index (χ4v) is 2.81. The lowest BCUT2D eigenvalue weighted by molar-refractivity contribution is 0.481. The smallest absolute Gasteiger partial charge is 0.252 e. The number of thiophene rings is 1. The van der Waals surface area contributed by atoms with Gasteiger partial charge < -0.3 is 15.8 Å². The number of rotatable bonds is 0. The molecule has 7 heteroatoms. The lowest BCUT2D eigenvalue weighted by atomic mass is 10.2. The van der Waals surface area contributed by atoms with E-state index in [0.29, 0.717) is 20.4 Å². The summed E-state index contributed by atoms with van der Waals surface area (Å²) in [4.78, 5) is 18.6. The molecule has 0 fully saturated rings. The predicted octanol–water partition coefficient (Wildman–Crippen LogP) is 1.30. The van der Waals surface area contributed by atoms with Crippen LogP contribution in [0.3, 0.4) is 0 Å². The lowest BCUT2D eigenvalue weighted by Crippen LogP contribution is -2.02. The molecule has 4 N–H and O–H groups in total. The molecule has 6 nitrogen and oxygen atoms in total. The molecule has 0 aliphatic carbocycles. The number of aromatic nitrogens is 2. The molecule has 0 saturated heterocycles. The number of nitrogens with two attached hydrogens (primary N) is 1. The topological polar surface area (TPSA) is 116 Å². The molecular weight excluding hydrogens is 252 g/mol. The maximum atomic E-state index is 11.3. The van der Waals surface area contributed by atoms with Crippen LogP contribution in [-0.4, -0.2) is 15.1 Å². The van der Waals surface area contributed by atoms with Gasteiger partial charge in [-0.1, -0.05) is 0 Å². The van der Waals surface area contributed by atoms with E-state index in [2.05, 4.69) is 9.97 Å². The first-order valence-corrected chi connectivity index (χ1v) is 5.77. The van der Waals surface area contributed by atoms with Crippen LogP contribution in [0.5, 0.6) is 5.75 Å². The predicted molar refractivity (Wildman–Crippen MR) is 68.5 cm³/mol. The normalized spacial score (nSPS) is 10.8. The Morgan fingerprint density at radius 1 is 1.50 bits per heavy atom. The van der Waals surface area contributed by atoms with Crippen molar-refractivity contribution >= 4 is 37.6 Å². The fraction of sp³-hybridized carbons (Fsp3) is 0. The Morgan fingerprint density at radius 3 is 3.00 bits per heavy atom. The summed E-state index contributed by atoms with van der Waals surface area (Å²) in [7, 11) is 0. The minimum Gasteiger partial charge on any atom is -0.506 e. The number of aromatic hydroxyl groups is 1. The van der Waals surface area contributed by atoms with Gasteiger partial charge in [0.15, 0.2) is 0 Å². The second-order valence-electron chi connectivity index (χ2n) is 3.71. The number of H-pyrrole nitrogens is 1. The van der Waals surface area contributed by atoms with Crippen molar-refractivity contribution in [1.82, 2.24) is 9.97 Å². The van der Waals surface area contributed by atoms with Crippen molar-refractivity contribution in [3.8, 4) is 11.8 Å². The van der Waals surface area contributed by atoms with Crippen LogP contribution in [0.25, 0.3) is 20.4 Å². The molecule has 3 heterocycles. The summed E-state index contributed by atoms with van der Waals surface area (Å²) >= 11 is 1.21. The molecule has 0 amide bonds. The number of anilines is 1. The van der Waals surface area contributed by atoms with Crippen LogP contribution in [0.4, 0.5) is 5.82 Å². The number of fused-ring (bicyclic) bond motifs is 3. The summed E-state index contributed by atoms with van der Waals surface area (Å²) in [6, 6.07) is 4.60. The van der Waals surface area contributed by atoms with E-state index in [1.807, 2.05) is 6.07 Å². The summed E-state index contributed by atoms with van der Waals surface area (Å²) < 4.78 is 0.520. The lowest BCUT2D eigenvalue weighted by Gasteiger charge is -1.96. The monoisotopic (exact) mass is 258 g/mol. The molecule has 0 saturated carbocycles. The van der Waals surface area contributed by atoms with Crippen LogP contribution >= 0.6 is 11.3 Å². The van der Waals surface area contributed by atoms with Gasteiger partial charge in [0.2, 0.25) is 0 Å². The zero-order valence-electron chi connectivity index (χ0n) is 8.89. The Bertz CT molecular complexity index is 888. The van der Waals surface area contributed by atoms with Gasteiger partial charge in [-0.2, -0.15) is 5.26 Å². The Labute approximate surface area is 104 Å². The van der Waals surface area contributed by atoms with E-state index in [1.54, 1.807) is 6.07 Å². The first kappa shape index (κ1) is 10.6. The van der Waals surface area contributed by atoms with Crippen LogP contribution in [0.2, 0.25) is 0 Å². The maximum Gasteiger partial charge on any atom is 0.252 e.